The summed E-state index contributed by atoms with van der Waals surface area (Å²) >= 11 is 0. The van der Waals surface area contributed by atoms with Gasteiger partial charge in [-0.25, -0.2) is 8.42 Å². The van der Waals surface area contributed by atoms with Gasteiger partial charge in [-0.15, -0.1) is 0 Å². The van der Waals surface area contributed by atoms with E-state index in [1.54, 1.807) is 4.90 Å². The van der Waals surface area contributed by atoms with E-state index in [0.29, 0.717) is 13.0 Å². The maximum Gasteiger partial charge on any atom is 0.317 e. The lowest BCUT2D eigenvalue weighted by atomic mass is 10.0. The first-order valence-electron chi connectivity index (χ1n) is 6.99. The molecule has 1 aromatic carbocycles. The first-order chi connectivity index (χ1) is 9.77. The van der Waals surface area contributed by atoms with Crippen LogP contribution in [0.2, 0.25) is 0 Å². The smallest absolute Gasteiger partial charge is 0.317 e. The number of carboxylic acids is 1. The molecule has 1 aliphatic rings. The lowest BCUT2D eigenvalue weighted by Crippen LogP contribution is -2.39. The summed E-state index contributed by atoms with van der Waals surface area (Å²) in [5.41, 5.74) is 3.27. The van der Waals surface area contributed by atoms with Crippen LogP contribution in [0.25, 0.3) is 0 Å². The number of nitrogens with zero attached hydrogens (tertiary/aromatic N) is 1. The quantitative estimate of drug-likeness (QED) is 0.889. The Labute approximate surface area is 125 Å². The van der Waals surface area contributed by atoms with E-state index in [1.165, 1.54) is 0 Å². The molecule has 1 fully saturated rings. The van der Waals surface area contributed by atoms with Crippen LogP contribution < -0.4 is 0 Å². The highest BCUT2D eigenvalue weighted by atomic mass is 32.2. The maximum absolute atomic E-state index is 11.6. The fourth-order valence-corrected chi connectivity index (χ4v) is 4.50. The van der Waals surface area contributed by atoms with Crippen molar-refractivity contribution in [2.45, 2.75) is 32.9 Å². The zero-order chi connectivity index (χ0) is 15.6. The van der Waals surface area contributed by atoms with Gasteiger partial charge in [0.2, 0.25) is 0 Å². The minimum absolute atomic E-state index is 0.0607. The van der Waals surface area contributed by atoms with Crippen LogP contribution in [-0.2, 0) is 21.2 Å². The Balaban J connectivity index is 2.20. The third-order valence-electron chi connectivity index (χ3n) is 3.94. The fourth-order valence-electron chi connectivity index (χ4n) is 2.74. The van der Waals surface area contributed by atoms with E-state index in [9.17, 15) is 13.2 Å². The molecule has 0 amide bonds. The van der Waals surface area contributed by atoms with Gasteiger partial charge < -0.3 is 5.11 Å². The molecule has 116 valence electrons. The summed E-state index contributed by atoms with van der Waals surface area (Å²) in [4.78, 5) is 12.9. The summed E-state index contributed by atoms with van der Waals surface area (Å²) < 4.78 is 23.3. The molecule has 1 N–H and O–H groups in total. The summed E-state index contributed by atoms with van der Waals surface area (Å²) in [5.74, 6) is -0.712. The van der Waals surface area contributed by atoms with E-state index < -0.39 is 15.8 Å². The lowest BCUT2D eigenvalue weighted by Gasteiger charge is -2.27. The van der Waals surface area contributed by atoms with Gasteiger partial charge in [0.1, 0.15) is 0 Å². The van der Waals surface area contributed by atoms with Crippen molar-refractivity contribution in [1.29, 1.82) is 0 Å². The molecule has 0 radical (unpaired) electrons. The van der Waals surface area contributed by atoms with Crippen molar-refractivity contribution >= 4 is 15.8 Å². The van der Waals surface area contributed by atoms with Gasteiger partial charge >= 0.3 is 5.97 Å². The molecule has 0 saturated carbocycles. The Hall–Kier alpha value is -1.40. The summed E-state index contributed by atoms with van der Waals surface area (Å²) in [7, 11) is -3.02. The molecule has 1 aromatic rings. The second-order valence-corrected chi connectivity index (χ2v) is 8.01. The summed E-state index contributed by atoms with van der Waals surface area (Å²) in [6.07, 6.45) is 0.514. The van der Waals surface area contributed by atoms with Crippen LogP contribution in [0.3, 0.4) is 0 Å². The number of aryl methyl sites for hydroxylation is 2. The number of carbonyl (C=O) groups is 1. The first-order valence-corrected chi connectivity index (χ1v) is 8.81. The van der Waals surface area contributed by atoms with Crippen molar-refractivity contribution in [2.75, 3.05) is 18.1 Å². The molecule has 0 aromatic heterocycles. The van der Waals surface area contributed by atoms with Crippen LogP contribution in [0.4, 0.5) is 0 Å². The summed E-state index contributed by atoms with van der Waals surface area (Å²) in [5, 5.41) is 9.09. The zero-order valence-corrected chi connectivity index (χ0v) is 13.2. The number of carboxylic acid groups (broad SMARTS) is 1. The predicted octanol–water partition coefficient (Wildman–Crippen LogP) is 1.38. The summed E-state index contributed by atoms with van der Waals surface area (Å²) in [6, 6.07) is 5.86. The van der Waals surface area contributed by atoms with Gasteiger partial charge in [0.05, 0.1) is 18.1 Å². The van der Waals surface area contributed by atoms with Gasteiger partial charge in [-0.3, -0.25) is 9.69 Å². The van der Waals surface area contributed by atoms with Gasteiger partial charge in [0.15, 0.2) is 9.84 Å². The van der Waals surface area contributed by atoms with E-state index >= 15 is 0 Å². The second kappa shape index (κ2) is 6.15. The minimum Gasteiger partial charge on any atom is -0.480 e. The average Bonchev–Trinajstić information content (AvgIpc) is 2.73. The SMILES string of the molecule is Cc1ccc(C)c(CN(CC(=O)O)C2CCS(=O)(=O)C2)c1. The molecule has 1 heterocycles. The van der Waals surface area contributed by atoms with Crippen molar-refractivity contribution in [1.82, 2.24) is 4.90 Å². The third kappa shape index (κ3) is 4.28. The third-order valence-corrected chi connectivity index (χ3v) is 5.69. The van der Waals surface area contributed by atoms with Crippen molar-refractivity contribution in [3.8, 4) is 0 Å². The molecular formula is C15H21NO4S. The van der Waals surface area contributed by atoms with Gasteiger partial charge in [0.25, 0.3) is 0 Å². The minimum atomic E-state index is -3.02. The van der Waals surface area contributed by atoms with Gasteiger partial charge in [0, 0.05) is 12.6 Å². The van der Waals surface area contributed by atoms with Crippen LogP contribution in [0.1, 0.15) is 23.1 Å². The monoisotopic (exact) mass is 311 g/mol. The number of aliphatic carboxylic acids is 1. The van der Waals surface area contributed by atoms with Gasteiger partial charge in [-0.2, -0.15) is 0 Å². The number of rotatable bonds is 5. The van der Waals surface area contributed by atoms with Crippen molar-refractivity contribution in [3.63, 3.8) is 0 Å². The maximum atomic E-state index is 11.6. The molecule has 1 saturated heterocycles. The zero-order valence-electron chi connectivity index (χ0n) is 12.4. The summed E-state index contributed by atoms with van der Waals surface area (Å²) in [6.45, 7) is 4.32. The fraction of sp³-hybridized carbons (Fsp3) is 0.533. The predicted molar refractivity (Wildman–Crippen MR) is 81.0 cm³/mol. The van der Waals surface area contributed by atoms with Crippen LogP contribution in [0.15, 0.2) is 18.2 Å². The van der Waals surface area contributed by atoms with E-state index in [0.717, 1.165) is 16.7 Å². The molecule has 0 bridgehead atoms. The normalized spacial score (nSPS) is 20.8. The van der Waals surface area contributed by atoms with Crippen molar-refractivity contribution < 1.29 is 18.3 Å². The second-order valence-electron chi connectivity index (χ2n) is 5.79. The number of hydrogen-bond acceptors (Lipinski definition) is 4. The Bertz CT molecular complexity index is 639. The number of hydrogen-bond donors (Lipinski definition) is 1. The largest absolute Gasteiger partial charge is 0.480 e. The van der Waals surface area contributed by atoms with Gasteiger partial charge in [-0.1, -0.05) is 23.8 Å². The molecule has 0 aliphatic carbocycles. The Morgan fingerprint density at radius 1 is 1.38 bits per heavy atom. The van der Waals surface area contributed by atoms with Crippen molar-refractivity contribution in [2.24, 2.45) is 0 Å². The van der Waals surface area contributed by atoms with Gasteiger partial charge in [-0.05, 0) is 31.4 Å². The molecule has 6 heteroatoms. The molecule has 1 aliphatic heterocycles. The van der Waals surface area contributed by atoms with Crippen LogP contribution in [-0.4, -0.2) is 48.5 Å². The Morgan fingerprint density at radius 2 is 2.10 bits per heavy atom. The van der Waals surface area contributed by atoms with E-state index in [-0.39, 0.29) is 24.1 Å². The highest BCUT2D eigenvalue weighted by Gasteiger charge is 2.33. The average molecular weight is 311 g/mol. The highest BCUT2D eigenvalue weighted by molar-refractivity contribution is 7.91. The molecule has 0 spiro atoms. The van der Waals surface area contributed by atoms with E-state index in [4.69, 9.17) is 5.11 Å². The van der Waals surface area contributed by atoms with E-state index in [1.807, 2.05) is 32.0 Å². The first kappa shape index (κ1) is 16.0. The molecule has 5 nitrogen and oxygen atoms in total. The molecular weight excluding hydrogens is 290 g/mol. The molecule has 2 rings (SSSR count). The van der Waals surface area contributed by atoms with Crippen LogP contribution >= 0.6 is 0 Å². The lowest BCUT2D eigenvalue weighted by molar-refractivity contribution is -0.139. The van der Waals surface area contributed by atoms with Crippen LogP contribution in [0.5, 0.6) is 0 Å². The standard InChI is InChI=1S/C15H21NO4S/c1-11-3-4-12(2)13(7-11)8-16(9-15(17)18)14-5-6-21(19,20)10-14/h3-4,7,14H,5-6,8-10H2,1-2H3,(H,17,18). The molecule has 1 atom stereocenters. The molecule has 21 heavy (non-hydrogen) atoms. The number of benzene rings is 1. The Morgan fingerprint density at radius 3 is 2.67 bits per heavy atom. The molecule has 1 unspecified atom stereocenters. The highest BCUT2D eigenvalue weighted by Crippen LogP contribution is 2.21. The van der Waals surface area contributed by atoms with Crippen LogP contribution in [0, 0.1) is 13.8 Å². The van der Waals surface area contributed by atoms with Crippen molar-refractivity contribution in [3.05, 3.63) is 34.9 Å². The number of sulfone groups is 1. The van der Waals surface area contributed by atoms with E-state index in [2.05, 4.69) is 0 Å². The Kier molecular flexibility index (Phi) is 4.68. The topological polar surface area (TPSA) is 74.7 Å².